The summed E-state index contributed by atoms with van der Waals surface area (Å²) in [6.07, 6.45) is -5.55. The third-order valence-corrected chi connectivity index (χ3v) is 11.9. The van der Waals surface area contributed by atoms with Crippen molar-refractivity contribution in [3.05, 3.63) is 129 Å². The van der Waals surface area contributed by atoms with Crippen LogP contribution in [0, 0.1) is 22.7 Å². The fourth-order valence-electron chi connectivity index (χ4n) is 4.65. The van der Waals surface area contributed by atoms with Gasteiger partial charge in [0.1, 0.15) is 0 Å². The SMILES string of the molecule is N#C/C(=C\c1ccc(-c2ccc(-c3ccc(-c4ccc(/C=C(\C#N)c5ccc(C(F)(F)F)cc5)s4)s3)s2)s1)c1ccc(C(F)(F)F)cc1. The summed E-state index contributed by atoms with van der Waals surface area (Å²) in [5, 5.41) is 19.3. The van der Waals surface area contributed by atoms with Crippen LogP contribution in [-0.2, 0) is 12.4 Å². The molecular weight excluding hydrogens is 703 g/mol. The number of hydrogen-bond acceptors (Lipinski definition) is 6. The molecule has 238 valence electrons. The number of hydrogen-bond donors (Lipinski definition) is 0. The van der Waals surface area contributed by atoms with Gasteiger partial charge in [-0.1, -0.05) is 24.3 Å². The molecule has 0 amide bonds. The lowest BCUT2D eigenvalue weighted by Gasteiger charge is -2.07. The third kappa shape index (κ3) is 7.38. The normalized spacial score (nSPS) is 12.6. The van der Waals surface area contributed by atoms with Crippen molar-refractivity contribution >= 4 is 68.6 Å². The number of benzene rings is 2. The predicted octanol–water partition coefficient (Wildman–Crippen LogP) is 13.1. The van der Waals surface area contributed by atoms with Crippen LogP contribution < -0.4 is 0 Å². The predicted molar refractivity (Wildman–Crippen MR) is 184 cm³/mol. The molecule has 0 aliphatic rings. The first kappa shape index (κ1) is 33.2. The summed E-state index contributed by atoms with van der Waals surface area (Å²) in [4.78, 5) is 7.80. The van der Waals surface area contributed by atoms with Gasteiger partial charge in [0.2, 0.25) is 0 Å². The van der Waals surface area contributed by atoms with Crippen molar-refractivity contribution in [3.63, 3.8) is 0 Å². The monoisotopic (exact) mass is 720 g/mol. The highest BCUT2D eigenvalue weighted by Crippen LogP contribution is 2.43. The number of halogens is 6. The molecule has 4 heterocycles. The maximum absolute atomic E-state index is 12.9. The van der Waals surface area contributed by atoms with Gasteiger partial charge in [-0.05, 0) is 96.1 Å². The van der Waals surface area contributed by atoms with E-state index in [4.69, 9.17) is 0 Å². The summed E-state index contributed by atoms with van der Waals surface area (Å²) in [5.41, 5.74) is -0.183. The molecular formula is C36H18F6N2S4. The minimum Gasteiger partial charge on any atom is -0.192 e. The maximum Gasteiger partial charge on any atom is 0.416 e. The lowest BCUT2D eigenvalue weighted by Crippen LogP contribution is -2.04. The molecule has 2 nitrogen and oxygen atoms in total. The summed E-state index contributed by atoms with van der Waals surface area (Å²) < 4.78 is 77.6. The fourth-order valence-corrected chi connectivity index (χ4v) is 8.84. The average Bonchev–Trinajstić information content (AvgIpc) is 3.88. The molecule has 0 N–H and O–H groups in total. The Morgan fingerprint density at radius 1 is 0.438 bits per heavy atom. The first-order valence-electron chi connectivity index (χ1n) is 13.9. The van der Waals surface area contributed by atoms with E-state index in [0.29, 0.717) is 11.1 Å². The van der Waals surface area contributed by atoms with Gasteiger partial charge >= 0.3 is 12.4 Å². The van der Waals surface area contributed by atoms with Crippen molar-refractivity contribution in [1.82, 2.24) is 0 Å². The van der Waals surface area contributed by atoms with Crippen molar-refractivity contribution in [3.8, 4) is 41.4 Å². The highest BCUT2D eigenvalue weighted by Gasteiger charge is 2.31. The number of nitrogens with zero attached hydrogens (tertiary/aromatic N) is 2. The number of allylic oxidation sites excluding steroid dienone is 2. The summed E-state index contributed by atoms with van der Waals surface area (Å²) in [5.74, 6) is 0. The number of nitriles is 2. The first-order valence-corrected chi connectivity index (χ1v) is 17.2. The molecule has 0 aliphatic heterocycles. The van der Waals surface area contributed by atoms with Crippen molar-refractivity contribution in [2.75, 3.05) is 0 Å². The van der Waals surface area contributed by atoms with Crippen LogP contribution in [0.25, 0.3) is 52.6 Å². The first-order chi connectivity index (χ1) is 22.9. The van der Waals surface area contributed by atoms with Crippen LogP contribution >= 0.6 is 45.3 Å². The van der Waals surface area contributed by atoms with E-state index >= 15 is 0 Å². The van der Waals surface area contributed by atoms with Gasteiger partial charge in [0.25, 0.3) is 0 Å². The Morgan fingerprint density at radius 2 is 0.729 bits per heavy atom. The van der Waals surface area contributed by atoms with E-state index in [2.05, 4.69) is 12.1 Å². The van der Waals surface area contributed by atoms with Gasteiger partial charge in [0.15, 0.2) is 0 Å². The minimum atomic E-state index is -4.45. The van der Waals surface area contributed by atoms with Crippen molar-refractivity contribution in [2.45, 2.75) is 12.4 Å². The largest absolute Gasteiger partial charge is 0.416 e. The molecule has 0 unspecified atom stereocenters. The molecule has 4 aromatic heterocycles. The van der Waals surface area contributed by atoms with Crippen LogP contribution in [0.4, 0.5) is 26.3 Å². The fraction of sp³-hybridized carbons (Fsp3) is 0.0556. The summed E-state index contributed by atoms with van der Waals surface area (Å²) in [7, 11) is 0. The molecule has 6 rings (SSSR count). The van der Waals surface area contributed by atoms with E-state index in [1.807, 2.05) is 48.5 Å². The zero-order valence-electron chi connectivity index (χ0n) is 24.2. The second-order valence-electron chi connectivity index (χ2n) is 10.2. The van der Waals surface area contributed by atoms with Crippen LogP contribution in [0.2, 0.25) is 0 Å². The molecule has 2 aromatic carbocycles. The Morgan fingerprint density at radius 3 is 1.02 bits per heavy atom. The van der Waals surface area contributed by atoms with Gasteiger partial charge in [-0.2, -0.15) is 36.9 Å². The molecule has 12 heteroatoms. The van der Waals surface area contributed by atoms with E-state index in [0.717, 1.165) is 63.3 Å². The van der Waals surface area contributed by atoms with Crippen molar-refractivity contribution in [2.24, 2.45) is 0 Å². The molecule has 0 atom stereocenters. The zero-order chi connectivity index (χ0) is 34.1. The maximum atomic E-state index is 12.9. The smallest absolute Gasteiger partial charge is 0.192 e. The molecule has 0 spiro atoms. The molecule has 0 aliphatic carbocycles. The van der Waals surface area contributed by atoms with Gasteiger partial charge < -0.3 is 0 Å². The highest BCUT2D eigenvalue weighted by molar-refractivity contribution is 7.28. The molecule has 6 aromatic rings. The van der Waals surface area contributed by atoms with Gasteiger partial charge in [0, 0.05) is 39.0 Å². The number of thiophene rings is 4. The summed E-state index contributed by atoms with van der Waals surface area (Å²) >= 11 is 6.20. The van der Waals surface area contributed by atoms with Gasteiger partial charge in [-0.3, -0.25) is 0 Å². The highest BCUT2D eigenvalue weighted by atomic mass is 32.1. The van der Waals surface area contributed by atoms with Gasteiger partial charge in [-0.15, -0.1) is 45.3 Å². The molecule has 0 radical (unpaired) electrons. The van der Waals surface area contributed by atoms with E-state index in [1.54, 1.807) is 34.8 Å². The summed E-state index contributed by atoms with van der Waals surface area (Å²) in [6, 6.07) is 29.0. The van der Waals surface area contributed by atoms with Crippen LogP contribution in [0.3, 0.4) is 0 Å². The average molecular weight is 721 g/mol. The molecule has 0 fully saturated rings. The molecule has 0 saturated carbocycles. The van der Waals surface area contributed by atoms with E-state index in [1.165, 1.54) is 46.9 Å². The lowest BCUT2D eigenvalue weighted by molar-refractivity contribution is -0.138. The Labute approximate surface area is 287 Å². The zero-order valence-corrected chi connectivity index (χ0v) is 27.5. The van der Waals surface area contributed by atoms with Crippen molar-refractivity contribution in [1.29, 1.82) is 10.5 Å². The minimum absolute atomic E-state index is 0.269. The Kier molecular flexibility index (Phi) is 9.28. The van der Waals surface area contributed by atoms with Crippen LogP contribution in [0.1, 0.15) is 32.0 Å². The Bertz CT molecular complexity index is 2070. The molecule has 0 bridgehead atoms. The Hall–Kier alpha value is -4.72. The van der Waals surface area contributed by atoms with E-state index in [-0.39, 0.29) is 11.1 Å². The second-order valence-corrected chi connectivity index (χ2v) is 14.6. The van der Waals surface area contributed by atoms with Gasteiger partial charge in [-0.25, -0.2) is 0 Å². The second kappa shape index (κ2) is 13.4. The van der Waals surface area contributed by atoms with Crippen molar-refractivity contribution < 1.29 is 26.3 Å². The van der Waals surface area contributed by atoms with Crippen LogP contribution in [0.15, 0.2) is 97.1 Å². The number of rotatable bonds is 7. The molecule has 48 heavy (non-hydrogen) atoms. The summed E-state index contributed by atoms with van der Waals surface area (Å²) in [6.45, 7) is 0. The number of alkyl halides is 6. The topological polar surface area (TPSA) is 47.6 Å². The van der Waals surface area contributed by atoms with E-state index < -0.39 is 23.5 Å². The van der Waals surface area contributed by atoms with Crippen LogP contribution in [-0.4, -0.2) is 0 Å². The van der Waals surface area contributed by atoms with Gasteiger partial charge in [0.05, 0.1) is 34.4 Å². The third-order valence-electron chi connectivity index (χ3n) is 7.05. The van der Waals surface area contributed by atoms with E-state index in [9.17, 15) is 36.9 Å². The standard InChI is InChI=1S/C36H18F6N2S4/c37-35(38,39)25-5-1-21(2-6-25)23(19-43)17-27-9-11-29(45-27)31-13-15-33(47-31)34-16-14-32(48-34)30-12-10-28(46-30)18-24(20-44)22-3-7-26(8-4-22)36(40,41)42/h1-18H/b23-17+,24-18+. The lowest BCUT2D eigenvalue weighted by atomic mass is 10.0. The quantitative estimate of drug-likeness (QED) is 0.122. The van der Waals surface area contributed by atoms with Crippen LogP contribution in [0.5, 0.6) is 0 Å². The molecule has 0 saturated heterocycles. The Balaban J connectivity index is 1.16.